The van der Waals surface area contributed by atoms with Crippen molar-refractivity contribution in [1.29, 1.82) is 0 Å². The highest BCUT2D eigenvalue weighted by atomic mass is 79.9. The number of alkyl halides is 1. The molecule has 0 saturated carbocycles. The van der Waals surface area contributed by atoms with E-state index in [4.69, 9.17) is 0 Å². The van der Waals surface area contributed by atoms with Crippen molar-refractivity contribution in [2.75, 3.05) is 17.3 Å². The van der Waals surface area contributed by atoms with E-state index in [-0.39, 0.29) is 0 Å². The summed E-state index contributed by atoms with van der Waals surface area (Å²) in [6, 6.07) is 0.360. The Morgan fingerprint density at radius 1 is 1.29 bits per heavy atom. The smallest absolute Gasteiger partial charge is 0.245 e. The largest absolute Gasteiger partial charge is 0.339 e. The Labute approximate surface area is 92.9 Å². The van der Waals surface area contributed by atoms with Crippen molar-refractivity contribution in [1.82, 2.24) is 15.2 Å². The maximum atomic E-state index is 4.37. The van der Waals surface area contributed by atoms with Gasteiger partial charge in [0.2, 0.25) is 5.95 Å². The number of halogens is 1. The summed E-state index contributed by atoms with van der Waals surface area (Å²) in [5, 5.41) is 8.99. The van der Waals surface area contributed by atoms with Gasteiger partial charge in [0.15, 0.2) is 0 Å². The molecule has 1 atom stereocenters. The van der Waals surface area contributed by atoms with Gasteiger partial charge in [-0.25, -0.2) is 4.98 Å². The predicted octanol–water partition coefficient (Wildman–Crippen LogP) is 1.71. The first kappa shape index (κ1) is 11.4. The highest BCUT2D eigenvalue weighted by Crippen LogP contribution is 2.10. The van der Waals surface area contributed by atoms with Crippen molar-refractivity contribution >= 4 is 21.9 Å². The van der Waals surface area contributed by atoms with Gasteiger partial charge in [-0.15, -0.1) is 5.10 Å². The van der Waals surface area contributed by atoms with Crippen LogP contribution in [0.1, 0.15) is 18.3 Å². The molecule has 0 N–H and O–H groups in total. The second-order valence-electron chi connectivity index (χ2n) is 3.40. The topological polar surface area (TPSA) is 41.9 Å². The molecule has 0 aliphatic carbocycles. The maximum Gasteiger partial charge on any atom is 0.245 e. The summed E-state index contributed by atoms with van der Waals surface area (Å²) in [5.74, 6) is 0.681. The summed E-state index contributed by atoms with van der Waals surface area (Å²) in [7, 11) is 1.97. The normalized spacial score (nSPS) is 12.6. The Morgan fingerprint density at radius 3 is 2.43 bits per heavy atom. The lowest BCUT2D eigenvalue weighted by molar-refractivity contribution is 0.720. The monoisotopic (exact) mass is 258 g/mol. The van der Waals surface area contributed by atoms with E-state index in [0.29, 0.717) is 12.0 Å². The van der Waals surface area contributed by atoms with Crippen molar-refractivity contribution in [3.63, 3.8) is 0 Å². The van der Waals surface area contributed by atoms with Crippen molar-refractivity contribution in [2.24, 2.45) is 0 Å². The van der Waals surface area contributed by atoms with Gasteiger partial charge in [-0.3, -0.25) is 0 Å². The summed E-state index contributed by atoms with van der Waals surface area (Å²) in [6.45, 7) is 5.96. The highest BCUT2D eigenvalue weighted by molar-refractivity contribution is 9.09. The molecule has 4 nitrogen and oxygen atoms in total. The Balaban J connectivity index is 2.91. The first-order valence-corrected chi connectivity index (χ1v) is 5.65. The first-order chi connectivity index (χ1) is 6.56. The highest BCUT2D eigenvalue weighted by Gasteiger charge is 2.12. The molecule has 1 aromatic heterocycles. The first-order valence-electron chi connectivity index (χ1n) is 4.53. The van der Waals surface area contributed by atoms with Gasteiger partial charge in [0.25, 0.3) is 0 Å². The van der Waals surface area contributed by atoms with E-state index in [9.17, 15) is 0 Å². The number of nitrogens with zero attached hydrogens (tertiary/aromatic N) is 4. The molecule has 1 aromatic rings. The minimum atomic E-state index is 0.360. The van der Waals surface area contributed by atoms with Crippen molar-refractivity contribution < 1.29 is 0 Å². The molecule has 14 heavy (non-hydrogen) atoms. The van der Waals surface area contributed by atoms with E-state index in [1.165, 1.54) is 0 Å². The number of hydrogen-bond donors (Lipinski definition) is 0. The third kappa shape index (κ3) is 2.41. The standard InChI is InChI=1S/C9H15BrN4/c1-6(5-10)14(4)9-11-7(2)8(3)12-13-9/h6H,5H2,1-4H3. The van der Waals surface area contributed by atoms with E-state index >= 15 is 0 Å². The van der Waals surface area contributed by atoms with Gasteiger partial charge in [-0.1, -0.05) is 15.9 Å². The molecule has 1 rings (SSSR count). The van der Waals surface area contributed by atoms with Crippen LogP contribution in [-0.4, -0.2) is 33.6 Å². The Hall–Kier alpha value is -0.710. The van der Waals surface area contributed by atoms with Crippen molar-refractivity contribution in [3.05, 3.63) is 11.4 Å². The predicted molar refractivity (Wildman–Crippen MR) is 61.0 cm³/mol. The summed E-state index contributed by atoms with van der Waals surface area (Å²) in [4.78, 5) is 6.38. The van der Waals surface area contributed by atoms with Gasteiger partial charge in [0.1, 0.15) is 0 Å². The molecule has 0 spiro atoms. The van der Waals surface area contributed by atoms with Gasteiger partial charge in [0.05, 0.1) is 11.4 Å². The lowest BCUT2D eigenvalue weighted by Gasteiger charge is -2.22. The minimum absolute atomic E-state index is 0.360. The molecule has 1 heterocycles. The second-order valence-corrected chi connectivity index (χ2v) is 4.04. The molecule has 0 radical (unpaired) electrons. The number of hydrogen-bond acceptors (Lipinski definition) is 4. The molecule has 0 saturated heterocycles. The molecule has 0 bridgehead atoms. The maximum absolute atomic E-state index is 4.37. The van der Waals surface area contributed by atoms with E-state index in [2.05, 4.69) is 38.0 Å². The van der Waals surface area contributed by atoms with Gasteiger partial charge < -0.3 is 4.90 Å². The van der Waals surface area contributed by atoms with E-state index < -0.39 is 0 Å². The molecule has 0 fully saturated rings. The van der Waals surface area contributed by atoms with E-state index in [1.807, 2.05) is 25.8 Å². The molecule has 0 aliphatic heterocycles. The van der Waals surface area contributed by atoms with Gasteiger partial charge in [-0.2, -0.15) is 5.10 Å². The minimum Gasteiger partial charge on any atom is -0.339 e. The Morgan fingerprint density at radius 2 is 1.93 bits per heavy atom. The lowest BCUT2D eigenvalue weighted by atomic mass is 10.3. The molecule has 0 aliphatic rings. The van der Waals surface area contributed by atoms with Gasteiger partial charge >= 0.3 is 0 Å². The van der Waals surface area contributed by atoms with Crippen LogP contribution in [0.5, 0.6) is 0 Å². The van der Waals surface area contributed by atoms with Crippen LogP contribution in [0.25, 0.3) is 0 Å². The fraction of sp³-hybridized carbons (Fsp3) is 0.667. The SMILES string of the molecule is Cc1nnc(N(C)C(C)CBr)nc1C. The lowest BCUT2D eigenvalue weighted by Crippen LogP contribution is -2.32. The fourth-order valence-electron chi connectivity index (χ4n) is 0.895. The van der Waals surface area contributed by atoms with E-state index in [1.54, 1.807) is 0 Å². The quantitative estimate of drug-likeness (QED) is 0.775. The zero-order valence-corrected chi connectivity index (χ0v) is 10.5. The average molecular weight is 259 g/mol. The summed E-state index contributed by atoms with van der Waals surface area (Å²) < 4.78 is 0. The van der Waals surface area contributed by atoms with E-state index in [0.717, 1.165) is 16.7 Å². The molecule has 5 heteroatoms. The zero-order valence-electron chi connectivity index (χ0n) is 8.95. The molecule has 1 unspecified atom stereocenters. The van der Waals surface area contributed by atoms with Gasteiger partial charge in [0, 0.05) is 18.4 Å². The number of aryl methyl sites for hydroxylation is 2. The number of aromatic nitrogens is 3. The molecule has 0 aromatic carbocycles. The van der Waals surface area contributed by atoms with Crippen LogP contribution in [0.15, 0.2) is 0 Å². The summed E-state index contributed by atoms with van der Waals surface area (Å²) in [6.07, 6.45) is 0. The van der Waals surface area contributed by atoms with Crippen LogP contribution in [-0.2, 0) is 0 Å². The number of rotatable bonds is 3. The molecule has 0 amide bonds. The Kier molecular flexibility index (Phi) is 3.80. The van der Waals surface area contributed by atoms with Gasteiger partial charge in [-0.05, 0) is 20.8 Å². The van der Waals surface area contributed by atoms with Crippen molar-refractivity contribution in [2.45, 2.75) is 26.8 Å². The average Bonchev–Trinajstić information content (AvgIpc) is 2.20. The van der Waals surface area contributed by atoms with Crippen LogP contribution >= 0.6 is 15.9 Å². The molecule has 78 valence electrons. The van der Waals surface area contributed by atoms with Crippen LogP contribution in [0.2, 0.25) is 0 Å². The third-order valence-electron chi connectivity index (χ3n) is 2.28. The van der Waals surface area contributed by atoms with Crippen LogP contribution < -0.4 is 4.90 Å². The summed E-state index contributed by atoms with van der Waals surface area (Å²) in [5.41, 5.74) is 1.82. The number of anilines is 1. The molecular formula is C9H15BrN4. The zero-order chi connectivity index (χ0) is 10.7. The second kappa shape index (κ2) is 4.68. The summed E-state index contributed by atoms with van der Waals surface area (Å²) >= 11 is 3.43. The van der Waals surface area contributed by atoms with Crippen molar-refractivity contribution in [3.8, 4) is 0 Å². The van der Waals surface area contributed by atoms with Crippen LogP contribution in [0.4, 0.5) is 5.95 Å². The third-order valence-corrected chi connectivity index (χ3v) is 3.22. The van der Waals surface area contributed by atoms with Crippen LogP contribution in [0, 0.1) is 13.8 Å². The van der Waals surface area contributed by atoms with Crippen LogP contribution in [0.3, 0.4) is 0 Å². The fourth-order valence-corrected chi connectivity index (χ4v) is 1.33. The Bertz CT molecular complexity index is 316. The molecular weight excluding hydrogens is 244 g/mol.